The van der Waals surface area contributed by atoms with Gasteiger partial charge in [-0.15, -0.1) is 0 Å². The molecule has 2 rings (SSSR count). The first-order valence-corrected chi connectivity index (χ1v) is 6.13. The van der Waals surface area contributed by atoms with Gasteiger partial charge in [-0.25, -0.2) is 4.79 Å². The van der Waals surface area contributed by atoms with E-state index in [-0.39, 0.29) is 6.09 Å². The minimum atomic E-state index is -0.350. The number of hydrogen-bond acceptors (Lipinski definition) is 5. The van der Waals surface area contributed by atoms with Gasteiger partial charge in [0.15, 0.2) is 0 Å². The second-order valence-electron chi connectivity index (χ2n) is 4.15. The minimum absolute atomic E-state index is 0.350. The highest BCUT2D eigenvalue weighted by molar-refractivity contribution is 5.71. The van der Waals surface area contributed by atoms with Gasteiger partial charge in [0.1, 0.15) is 17.2 Å². The first kappa shape index (κ1) is 13.5. The molecule has 0 atom stereocenters. The molecule has 0 unspecified atom stereocenters. The summed E-state index contributed by atoms with van der Waals surface area (Å²) in [5.74, 6) is 1.59. The van der Waals surface area contributed by atoms with Gasteiger partial charge in [0.2, 0.25) is 0 Å². The van der Waals surface area contributed by atoms with Gasteiger partial charge in [-0.2, -0.15) is 0 Å². The van der Waals surface area contributed by atoms with Crippen LogP contribution < -0.4 is 19.5 Å². The number of hydrogen-bond donors (Lipinski definition) is 1. The van der Waals surface area contributed by atoms with Crippen molar-refractivity contribution in [3.05, 3.63) is 18.2 Å². The standard InChI is InChI=1S/C13H18N2O4/c1-17-10-7-11(18-2)9-12(8-10)19-13(16)15-5-3-14-4-6-15/h7-9,14H,3-6H2,1-2H3. The van der Waals surface area contributed by atoms with Crippen molar-refractivity contribution in [3.8, 4) is 17.2 Å². The molecule has 1 amide bonds. The zero-order valence-corrected chi connectivity index (χ0v) is 11.1. The highest BCUT2D eigenvalue weighted by Crippen LogP contribution is 2.27. The number of piperazine rings is 1. The van der Waals surface area contributed by atoms with Crippen molar-refractivity contribution in [2.24, 2.45) is 0 Å². The zero-order chi connectivity index (χ0) is 13.7. The SMILES string of the molecule is COc1cc(OC)cc(OC(=O)N2CCNCC2)c1. The fraction of sp³-hybridized carbons (Fsp3) is 0.462. The summed E-state index contributed by atoms with van der Waals surface area (Å²) in [7, 11) is 3.10. The third kappa shape index (κ3) is 3.51. The Morgan fingerprint density at radius 1 is 1.05 bits per heavy atom. The molecule has 0 bridgehead atoms. The van der Waals surface area contributed by atoms with Gasteiger partial charge in [0.25, 0.3) is 0 Å². The van der Waals surface area contributed by atoms with Crippen LogP contribution >= 0.6 is 0 Å². The lowest BCUT2D eigenvalue weighted by Gasteiger charge is -2.26. The first-order valence-electron chi connectivity index (χ1n) is 6.13. The summed E-state index contributed by atoms with van der Waals surface area (Å²) >= 11 is 0. The molecule has 1 heterocycles. The molecule has 1 N–H and O–H groups in total. The van der Waals surface area contributed by atoms with E-state index in [1.165, 1.54) is 0 Å². The first-order chi connectivity index (χ1) is 9.22. The maximum absolute atomic E-state index is 12.0. The molecule has 19 heavy (non-hydrogen) atoms. The molecule has 1 aliphatic rings. The van der Waals surface area contributed by atoms with Gasteiger partial charge in [-0.1, -0.05) is 0 Å². The van der Waals surface area contributed by atoms with E-state index in [2.05, 4.69) is 5.32 Å². The van der Waals surface area contributed by atoms with E-state index in [0.29, 0.717) is 30.3 Å². The Balaban J connectivity index is 2.06. The van der Waals surface area contributed by atoms with Crippen LogP contribution in [-0.2, 0) is 0 Å². The van der Waals surface area contributed by atoms with E-state index in [4.69, 9.17) is 14.2 Å². The Kier molecular flexibility index (Phi) is 4.46. The Bertz CT molecular complexity index is 422. The van der Waals surface area contributed by atoms with Crippen molar-refractivity contribution in [1.29, 1.82) is 0 Å². The molecular formula is C13H18N2O4. The van der Waals surface area contributed by atoms with Crippen LogP contribution in [0, 0.1) is 0 Å². The van der Waals surface area contributed by atoms with Crippen LogP contribution in [0.15, 0.2) is 18.2 Å². The largest absolute Gasteiger partial charge is 0.496 e. The number of nitrogens with zero attached hydrogens (tertiary/aromatic N) is 1. The third-order valence-corrected chi connectivity index (χ3v) is 2.91. The normalized spacial score (nSPS) is 14.9. The Hall–Kier alpha value is -1.95. The molecule has 6 heteroatoms. The number of carbonyl (C=O) groups is 1. The maximum Gasteiger partial charge on any atom is 0.415 e. The van der Waals surface area contributed by atoms with Gasteiger partial charge in [-0.05, 0) is 0 Å². The summed E-state index contributed by atoms with van der Waals surface area (Å²) in [5.41, 5.74) is 0. The highest BCUT2D eigenvalue weighted by Gasteiger charge is 2.18. The van der Waals surface area contributed by atoms with Crippen molar-refractivity contribution in [3.63, 3.8) is 0 Å². The topological polar surface area (TPSA) is 60.0 Å². The summed E-state index contributed by atoms with van der Waals surface area (Å²) in [6, 6.07) is 5.04. The molecule has 104 valence electrons. The van der Waals surface area contributed by atoms with E-state index in [9.17, 15) is 4.79 Å². The van der Waals surface area contributed by atoms with E-state index < -0.39 is 0 Å². The molecule has 1 aromatic rings. The van der Waals surface area contributed by atoms with Crippen LogP contribution in [-0.4, -0.2) is 51.4 Å². The number of nitrogens with one attached hydrogen (secondary N) is 1. The molecule has 1 saturated heterocycles. The van der Waals surface area contributed by atoms with Gasteiger partial charge in [-0.3, -0.25) is 0 Å². The molecular weight excluding hydrogens is 248 g/mol. The Morgan fingerprint density at radius 2 is 1.58 bits per heavy atom. The van der Waals surface area contributed by atoms with Gasteiger partial charge >= 0.3 is 6.09 Å². The summed E-state index contributed by atoms with van der Waals surface area (Å²) in [6.07, 6.45) is -0.350. The van der Waals surface area contributed by atoms with Crippen LogP contribution in [0.2, 0.25) is 0 Å². The lowest BCUT2D eigenvalue weighted by Crippen LogP contribution is -2.47. The van der Waals surface area contributed by atoms with Crippen LogP contribution in [0.3, 0.4) is 0 Å². The maximum atomic E-state index is 12.0. The molecule has 1 fully saturated rings. The Labute approximate surface area is 112 Å². The lowest BCUT2D eigenvalue weighted by molar-refractivity contribution is 0.145. The molecule has 1 aliphatic heterocycles. The predicted molar refractivity (Wildman–Crippen MR) is 70.0 cm³/mol. The molecule has 0 spiro atoms. The van der Waals surface area contributed by atoms with Crippen LogP contribution in [0.25, 0.3) is 0 Å². The molecule has 1 aromatic carbocycles. The summed E-state index contributed by atoms with van der Waals surface area (Å²) < 4.78 is 15.6. The van der Waals surface area contributed by atoms with Crippen molar-refractivity contribution in [2.75, 3.05) is 40.4 Å². The van der Waals surface area contributed by atoms with Gasteiger partial charge in [0.05, 0.1) is 14.2 Å². The average Bonchev–Trinajstić information content (AvgIpc) is 2.47. The van der Waals surface area contributed by atoms with Crippen molar-refractivity contribution >= 4 is 6.09 Å². The highest BCUT2D eigenvalue weighted by atomic mass is 16.6. The van der Waals surface area contributed by atoms with Crippen LogP contribution in [0.5, 0.6) is 17.2 Å². The Morgan fingerprint density at radius 3 is 2.11 bits per heavy atom. The molecule has 0 aromatic heterocycles. The van der Waals surface area contributed by atoms with Crippen molar-refractivity contribution in [1.82, 2.24) is 10.2 Å². The smallest absolute Gasteiger partial charge is 0.415 e. The lowest BCUT2D eigenvalue weighted by atomic mass is 10.3. The summed E-state index contributed by atoms with van der Waals surface area (Å²) in [6.45, 7) is 2.88. The molecule has 6 nitrogen and oxygen atoms in total. The number of methoxy groups -OCH3 is 2. The third-order valence-electron chi connectivity index (χ3n) is 2.91. The van der Waals surface area contributed by atoms with Gasteiger partial charge in [0, 0.05) is 44.4 Å². The summed E-state index contributed by atoms with van der Waals surface area (Å²) in [4.78, 5) is 13.6. The predicted octanol–water partition coefficient (Wildman–Crippen LogP) is 1.11. The molecule has 0 saturated carbocycles. The van der Waals surface area contributed by atoms with E-state index in [1.54, 1.807) is 37.3 Å². The second kappa shape index (κ2) is 6.29. The van der Waals surface area contributed by atoms with Crippen molar-refractivity contribution < 1.29 is 19.0 Å². The molecule has 0 radical (unpaired) electrons. The number of amides is 1. The van der Waals surface area contributed by atoms with E-state index in [0.717, 1.165) is 13.1 Å². The monoisotopic (exact) mass is 266 g/mol. The minimum Gasteiger partial charge on any atom is -0.496 e. The van der Waals surface area contributed by atoms with E-state index >= 15 is 0 Å². The summed E-state index contributed by atoms with van der Waals surface area (Å²) in [5, 5.41) is 3.18. The zero-order valence-electron chi connectivity index (χ0n) is 11.1. The van der Waals surface area contributed by atoms with Crippen LogP contribution in [0.1, 0.15) is 0 Å². The van der Waals surface area contributed by atoms with Gasteiger partial charge < -0.3 is 24.4 Å². The number of rotatable bonds is 3. The van der Waals surface area contributed by atoms with E-state index in [1.807, 2.05) is 0 Å². The molecule has 0 aliphatic carbocycles. The fourth-order valence-corrected chi connectivity index (χ4v) is 1.85. The van der Waals surface area contributed by atoms with Crippen molar-refractivity contribution in [2.45, 2.75) is 0 Å². The number of ether oxygens (including phenoxy) is 3. The number of benzene rings is 1. The quantitative estimate of drug-likeness (QED) is 0.888. The second-order valence-corrected chi connectivity index (χ2v) is 4.15. The average molecular weight is 266 g/mol. The fourth-order valence-electron chi connectivity index (χ4n) is 1.85. The number of carbonyl (C=O) groups excluding carboxylic acids is 1. The van der Waals surface area contributed by atoms with Crippen LogP contribution in [0.4, 0.5) is 4.79 Å².